The zero-order valence-electron chi connectivity index (χ0n) is 11.1. The van der Waals surface area contributed by atoms with Crippen molar-refractivity contribution < 1.29 is 0 Å². The summed E-state index contributed by atoms with van der Waals surface area (Å²) in [5.74, 6) is 1.34. The van der Waals surface area contributed by atoms with Crippen LogP contribution in [0.25, 0.3) is 11.0 Å². The molecule has 1 aliphatic rings. The Labute approximate surface area is 112 Å². The Morgan fingerprint density at radius 1 is 1.26 bits per heavy atom. The molecule has 0 amide bonds. The van der Waals surface area contributed by atoms with Crippen molar-refractivity contribution in [1.29, 1.82) is 0 Å². The number of rotatable bonds is 2. The maximum atomic E-state index is 6.07. The molecule has 1 saturated heterocycles. The lowest BCUT2D eigenvalue weighted by Crippen LogP contribution is -2.45. The first-order valence-electron chi connectivity index (χ1n) is 6.72. The van der Waals surface area contributed by atoms with Crippen molar-refractivity contribution in [2.75, 3.05) is 30.8 Å². The fourth-order valence-corrected chi connectivity index (χ4v) is 2.64. The molecular weight excluding hydrogens is 238 g/mol. The fourth-order valence-electron chi connectivity index (χ4n) is 2.64. The number of piperidine rings is 1. The quantitative estimate of drug-likeness (QED) is 0.851. The van der Waals surface area contributed by atoms with Gasteiger partial charge >= 0.3 is 0 Å². The molecule has 1 aliphatic heterocycles. The van der Waals surface area contributed by atoms with E-state index in [1.54, 1.807) is 0 Å². The van der Waals surface area contributed by atoms with E-state index in [2.05, 4.69) is 20.2 Å². The maximum Gasteiger partial charge on any atom is 0.172 e. The number of nitrogens with one attached hydrogen (secondary N) is 1. The van der Waals surface area contributed by atoms with Crippen molar-refractivity contribution in [3.63, 3.8) is 0 Å². The molecule has 1 aromatic heterocycles. The number of hydrogen-bond acceptors (Lipinski definition) is 5. The molecule has 100 valence electrons. The SMILES string of the molecule is CNC1CCCN(c2nc3ccccc3nc2N)C1. The maximum absolute atomic E-state index is 6.07. The Morgan fingerprint density at radius 2 is 2.00 bits per heavy atom. The summed E-state index contributed by atoms with van der Waals surface area (Å²) in [5, 5.41) is 3.33. The van der Waals surface area contributed by atoms with E-state index < -0.39 is 0 Å². The smallest absolute Gasteiger partial charge is 0.172 e. The highest BCUT2D eigenvalue weighted by Gasteiger charge is 2.22. The Kier molecular flexibility index (Phi) is 3.21. The van der Waals surface area contributed by atoms with Crippen molar-refractivity contribution in [2.24, 2.45) is 0 Å². The largest absolute Gasteiger partial charge is 0.381 e. The van der Waals surface area contributed by atoms with Gasteiger partial charge in [-0.15, -0.1) is 0 Å². The summed E-state index contributed by atoms with van der Waals surface area (Å²) in [6.07, 6.45) is 2.35. The van der Waals surface area contributed by atoms with Crippen LogP contribution in [0.1, 0.15) is 12.8 Å². The summed E-state index contributed by atoms with van der Waals surface area (Å²) in [5.41, 5.74) is 7.82. The predicted octanol–water partition coefficient (Wildman–Crippen LogP) is 1.40. The molecule has 0 saturated carbocycles. The first-order chi connectivity index (χ1) is 9.28. The van der Waals surface area contributed by atoms with Gasteiger partial charge in [-0.05, 0) is 32.0 Å². The number of nitrogen functional groups attached to an aromatic ring is 1. The first-order valence-corrected chi connectivity index (χ1v) is 6.72. The topological polar surface area (TPSA) is 67.1 Å². The van der Waals surface area contributed by atoms with E-state index in [1.807, 2.05) is 31.3 Å². The highest BCUT2D eigenvalue weighted by atomic mass is 15.2. The number of aromatic nitrogens is 2. The second-order valence-corrected chi connectivity index (χ2v) is 5.00. The molecular formula is C14H19N5. The third kappa shape index (κ3) is 2.33. The average molecular weight is 257 g/mol. The Balaban J connectivity index is 1.97. The minimum atomic E-state index is 0.501. The fraction of sp³-hybridized carbons (Fsp3) is 0.429. The molecule has 5 nitrogen and oxygen atoms in total. The van der Waals surface area contributed by atoms with Gasteiger partial charge in [0.25, 0.3) is 0 Å². The van der Waals surface area contributed by atoms with Gasteiger partial charge in [-0.3, -0.25) is 0 Å². The number of nitrogens with zero attached hydrogens (tertiary/aromatic N) is 3. The lowest BCUT2D eigenvalue weighted by molar-refractivity contribution is 0.448. The molecule has 2 aromatic rings. The lowest BCUT2D eigenvalue weighted by Gasteiger charge is -2.33. The van der Waals surface area contributed by atoms with Crippen LogP contribution in [0.15, 0.2) is 24.3 Å². The van der Waals surface area contributed by atoms with Gasteiger partial charge in [0, 0.05) is 19.1 Å². The number of likely N-dealkylation sites (N-methyl/N-ethyl adjacent to an activating group) is 1. The molecule has 1 aromatic carbocycles. The molecule has 2 heterocycles. The van der Waals surface area contributed by atoms with Crippen LogP contribution >= 0.6 is 0 Å². The number of para-hydroxylation sites is 2. The van der Waals surface area contributed by atoms with Crippen molar-refractivity contribution in [2.45, 2.75) is 18.9 Å². The Hall–Kier alpha value is -1.88. The molecule has 0 spiro atoms. The molecule has 0 bridgehead atoms. The van der Waals surface area contributed by atoms with Gasteiger partial charge in [0.05, 0.1) is 11.0 Å². The van der Waals surface area contributed by atoms with E-state index in [0.29, 0.717) is 11.9 Å². The number of benzene rings is 1. The summed E-state index contributed by atoms with van der Waals surface area (Å²) in [6, 6.07) is 8.35. The van der Waals surface area contributed by atoms with Crippen LogP contribution in [0.2, 0.25) is 0 Å². The van der Waals surface area contributed by atoms with Gasteiger partial charge < -0.3 is 16.0 Å². The molecule has 3 N–H and O–H groups in total. The van der Waals surface area contributed by atoms with Crippen molar-refractivity contribution in [3.05, 3.63) is 24.3 Å². The van der Waals surface area contributed by atoms with Gasteiger partial charge in [-0.2, -0.15) is 0 Å². The Bertz CT molecular complexity index is 583. The highest BCUT2D eigenvalue weighted by molar-refractivity contribution is 5.79. The van der Waals surface area contributed by atoms with Crippen LogP contribution in [-0.4, -0.2) is 36.1 Å². The van der Waals surface area contributed by atoms with Gasteiger partial charge in [-0.1, -0.05) is 12.1 Å². The van der Waals surface area contributed by atoms with Gasteiger partial charge in [0.15, 0.2) is 11.6 Å². The molecule has 1 atom stereocenters. The average Bonchev–Trinajstić information content (AvgIpc) is 2.46. The zero-order valence-corrected chi connectivity index (χ0v) is 11.1. The highest BCUT2D eigenvalue weighted by Crippen LogP contribution is 2.25. The summed E-state index contributed by atoms with van der Waals surface area (Å²) < 4.78 is 0. The van der Waals surface area contributed by atoms with Gasteiger partial charge in [0.2, 0.25) is 0 Å². The molecule has 0 radical (unpaired) electrons. The summed E-state index contributed by atoms with van der Waals surface area (Å²) >= 11 is 0. The number of anilines is 2. The first kappa shape index (κ1) is 12.2. The lowest BCUT2D eigenvalue weighted by atomic mass is 10.1. The molecule has 5 heteroatoms. The molecule has 3 rings (SSSR count). The third-order valence-corrected chi connectivity index (χ3v) is 3.71. The standard InChI is InChI=1S/C14H19N5/c1-16-10-5-4-8-19(9-10)14-13(15)17-11-6-2-3-7-12(11)18-14/h2-3,6-7,10,16H,4-5,8-9H2,1H3,(H2,15,17). The van der Waals surface area contributed by atoms with Gasteiger partial charge in [0.1, 0.15) is 0 Å². The predicted molar refractivity (Wildman–Crippen MR) is 78.2 cm³/mol. The van der Waals surface area contributed by atoms with Crippen LogP contribution in [0, 0.1) is 0 Å². The van der Waals surface area contributed by atoms with Crippen molar-refractivity contribution in [1.82, 2.24) is 15.3 Å². The van der Waals surface area contributed by atoms with Gasteiger partial charge in [-0.25, -0.2) is 9.97 Å². The van der Waals surface area contributed by atoms with Crippen LogP contribution < -0.4 is 16.0 Å². The second-order valence-electron chi connectivity index (χ2n) is 5.00. The van der Waals surface area contributed by atoms with E-state index in [1.165, 1.54) is 6.42 Å². The van der Waals surface area contributed by atoms with Crippen LogP contribution in [-0.2, 0) is 0 Å². The third-order valence-electron chi connectivity index (χ3n) is 3.71. The van der Waals surface area contributed by atoms with E-state index in [9.17, 15) is 0 Å². The summed E-state index contributed by atoms with van der Waals surface area (Å²) in [7, 11) is 2.00. The molecule has 0 aliphatic carbocycles. The second kappa shape index (κ2) is 5.01. The molecule has 1 unspecified atom stereocenters. The van der Waals surface area contributed by atoms with Crippen LogP contribution in [0.3, 0.4) is 0 Å². The van der Waals surface area contributed by atoms with Crippen molar-refractivity contribution >= 4 is 22.7 Å². The van der Waals surface area contributed by atoms with E-state index in [4.69, 9.17) is 5.73 Å². The van der Waals surface area contributed by atoms with Crippen LogP contribution in [0.5, 0.6) is 0 Å². The zero-order chi connectivity index (χ0) is 13.2. The van der Waals surface area contributed by atoms with Crippen molar-refractivity contribution in [3.8, 4) is 0 Å². The van der Waals surface area contributed by atoms with E-state index >= 15 is 0 Å². The number of hydrogen-bond donors (Lipinski definition) is 2. The van der Waals surface area contributed by atoms with E-state index in [0.717, 1.165) is 36.4 Å². The number of fused-ring (bicyclic) bond motifs is 1. The van der Waals surface area contributed by atoms with E-state index in [-0.39, 0.29) is 0 Å². The summed E-state index contributed by atoms with van der Waals surface area (Å²) in [6.45, 7) is 1.93. The monoisotopic (exact) mass is 257 g/mol. The molecule has 19 heavy (non-hydrogen) atoms. The number of nitrogens with two attached hydrogens (primary N) is 1. The minimum Gasteiger partial charge on any atom is -0.381 e. The normalized spacial score (nSPS) is 19.8. The van der Waals surface area contributed by atoms with Crippen LogP contribution in [0.4, 0.5) is 11.6 Å². The Morgan fingerprint density at radius 3 is 2.74 bits per heavy atom. The molecule has 1 fully saturated rings. The summed E-state index contributed by atoms with van der Waals surface area (Å²) in [4.78, 5) is 11.4. The minimum absolute atomic E-state index is 0.501.